The molecule has 1 saturated heterocycles. The lowest BCUT2D eigenvalue weighted by atomic mass is 9.95. The Labute approximate surface area is 236 Å². The monoisotopic (exact) mass is 542 g/mol. The first kappa shape index (κ1) is 24.8. The van der Waals surface area contributed by atoms with Crippen LogP contribution in [0.25, 0.3) is 10.8 Å². The van der Waals surface area contributed by atoms with E-state index in [1.54, 1.807) is 12.1 Å². The molecule has 0 spiro atoms. The van der Waals surface area contributed by atoms with Crippen LogP contribution in [0.2, 0.25) is 0 Å². The molecular weight excluding hydrogens is 516 g/mol. The van der Waals surface area contributed by atoms with Gasteiger partial charge in [-0.05, 0) is 35.4 Å². The van der Waals surface area contributed by atoms with Crippen molar-refractivity contribution in [3.8, 4) is 0 Å². The van der Waals surface area contributed by atoms with Crippen LogP contribution in [-0.2, 0) is 14.4 Å². The van der Waals surface area contributed by atoms with Crippen molar-refractivity contribution < 1.29 is 14.4 Å². The largest absolute Gasteiger partial charge is 0.271 e. The summed E-state index contributed by atoms with van der Waals surface area (Å²) in [4.78, 5) is 41.6. The highest BCUT2D eigenvalue weighted by atomic mass is 16.2. The van der Waals surface area contributed by atoms with Gasteiger partial charge in [0.2, 0.25) is 0 Å². The molecule has 1 fully saturated rings. The zero-order valence-electron chi connectivity index (χ0n) is 22.3. The molecule has 41 heavy (non-hydrogen) atoms. The van der Waals surface area contributed by atoms with E-state index in [4.69, 9.17) is 5.10 Å². The molecule has 0 radical (unpaired) electrons. The summed E-state index contributed by atoms with van der Waals surface area (Å²) in [5, 5.41) is 18.0. The van der Waals surface area contributed by atoms with E-state index in [1.807, 2.05) is 73.7 Å². The number of amides is 3. The Kier molecular flexibility index (Phi) is 5.92. The summed E-state index contributed by atoms with van der Waals surface area (Å²) < 4.78 is 0. The summed E-state index contributed by atoms with van der Waals surface area (Å²) >= 11 is 0. The van der Waals surface area contributed by atoms with Gasteiger partial charge in [-0.2, -0.15) is 10.2 Å². The van der Waals surface area contributed by atoms with Crippen molar-refractivity contribution in [2.75, 3.05) is 11.4 Å². The standard InChI is InChI=1S/C32H26N6O3/c1-20-14-16-23(17-15-20)37-31(40)29-30(32(37)41)36(35-33-29)19-28(39)38-27(22-9-3-2-4-10-22)18-26(34-38)25-13-7-11-21-8-5-6-12-24(21)25/h2-17,27,29-30H,18-19H2,1H3/t27-,29-,30+/m0/s1. The van der Waals surface area contributed by atoms with E-state index >= 15 is 0 Å². The first-order valence-corrected chi connectivity index (χ1v) is 13.5. The molecule has 3 heterocycles. The number of hydrazone groups is 1. The number of carbonyl (C=O) groups is 3. The van der Waals surface area contributed by atoms with Crippen molar-refractivity contribution in [1.82, 2.24) is 10.0 Å². The SMILES string of the molecule is Cc1ccc(N2C(=O)[C@H]3N=NN(CC(=O)N4N=C(c5cccc6ccccc56)C[C@H]4c4ccccc4)[C@H]3C2=O)cc1. The molecule has 0 N–H and O–H groups in total. The number of carbonyl (C=O) groups excluding carboxylic acids is 3. The maximum Gasteiger partial charge on any atom is 0.264 e. The van der Waals surface area contributed by atoms with Crippen LogP contribution in [0.15, 0.2) is 113 Å². The molecular formula is C32H26N6O3. The Morgan fingerprint density at radius 2 is 1.59 bits per heavy atom. The second-order valence-corrected chi connectivity index (χ2v) is 10.5. The molecule has 3 atom stereocenters. The van der Waals surface area contributed by atoms with Crippen LogP contribution in [0.5, 0.6) is 0 Å². The number of hydrogen-bond acceptors (Lipinski definition) is 7. The Bertz CT molecular complexity index is 1750. The van der Waals surface area contributed by atoms with Crippen LogP contribution in [0, 0.1) is 6.92 Å². The third-order valence-electron chi connectivity index (χ3n) is 7.90. The Morgan fingerprint density at radius 1 is 0.854 bits per heavy atom. The van der Waals surface area contributed by atoms with Crippen molar-refractivity contribution in [2.45, 2.75) is 31.5 Å². The number of rotatable bonds is 5. The Morgan fingerprint density at radius 3 is 2.39 bits per heavy atom. The van der Waals surface area contributed by atoms with Crippen LogP contribution in [0.3, 0.4) is 0 Å². The molecule has 0 saturated carbocycles. The Hall–Kier alpha value is -5.18. The minimum Gasteiger partial charge on any atom is -0.271 e. The average molecular weight is 543 g/mol. The predicted octanol–water partition coefficient (Wildman–Crippen LogP) is 4.82. The van der Waals surface area contributed by atoms with Crippen LogP contribution < -0.4 is 4.90 Å². The molecule has 0 aliphatic carbocycles. The van der Waals surface area contributed by atoms with Gasteiger partial charge in [-0.1, -0.05) is 95.7 Å². The summed E-state index contributed by atoms with van der Waals surface area (Å²) in [6, 6.07) is 28.9. The summed E-state index contributed by atoms with van der Waals surface area (Å²) in [5.41, 5.74) is 4.24. The van der Waals surface area contributed by atoms with Crippen LogP contribution in [0.4, 0.5) is 5.69 Å². The van der Waals surface area contributed by atoms with Gasteiger partial charge < -0.3 is 0 Å². The van der Waals surface area contributed by atoms with Gasteiger partial charge in [0.1, 0.15) is 6.54 Å². The third-order valence-corrected chi connectivity index (χ3v) is 7.90. The van der Waals surface area contributed by atoms with E-state index < -0.39 is 23.9 Å². The Balaban J connectivity index is 1.18. The highest BCUT2D eigenvalue weighted by Crippen LogP contribution is 2.36. The second-order valence-electron chi connectivity index (χ2n) is 10.5. The van der Waals surface area contributed by atoms with Gasteiger partial charge in [0, 0.05) is 12.0 Å². The highest BCUT2D eigenvalue weighted by Gasteiger charge is 2.55. The van der Waals surface area contributed by atoms with Crippen molar-refractivity contribution >= 4 is 39.9 Å². The number of anilines is 1. The minimum atomic E-state index is -0.977. The summed E-state index contributed by atoms with van der Waals surface area (Å²) in [6.45, 7) is 1.70. The lowest BCUT2D eigenvalue weighted by molar-refractivity contribution is -0.135. The van der Waals surface area contributed by atoms with Gasteiger partial charge in [-0.25, -0.2) is 9.91 Å². The predicted molar refractivity (Wildman–Crippen MR) is 154 cm³/mol. The maximum atomic E-state index is 13.9. The fourth-order valence-electron chi connectivity index (χ4n) is 5.83. The fourth-order valence-corrected chi connectivity index (χ4v) is 5.83. The number of hydrogen-bond donors (Lipinski definition) is 0. The zero-order chi connectivity index (χ0) is 28.1. The van der Waals surface area contributed by atoms with E-state index in [2.05, 4.69) is 28.5 Å². The summed E-state index contributed by atoms with van der Waals surface area (Å²) in [7, 11) is 0. The van der Waals surface area contributed by atoms with E-state index in [0.717, 1.165) is 38.1 Å². The van der Waals surface area contributed by atoms with Gasteiger partial charge in [0.05, 0.1) is 17.4 Å². The first-order chi connectivity index (χ1) is 20.0. The second kappa shape index (κ2) is 9.78. The number of aryl methyl sites for hydroxylation is 1. The van der Waals surface area contributed by atoms with E-state index in [0.29, 0.717) is 12.1 Å². The molecule has 3 aliphatic heterocycles. The molecule has 0 aromatic heterocycles. The molecule has 0 bridgehead atoms. The number of imide groups is 1. The minimum absolute atomic E-state index is 0.235. The van der Waals surface area contributed by atoms with Gasteiger partial charge >= 0.3 is 0 Å². The molecule has 7 rings (SSSR count). The topological polar surface area (TPSA) is 98.0 Å². The zero-order valence-corrected chi connectivity index (χ0v) is 22.3. The third kappa shape index (κ3) is 4.17. The summed E-state index contributed by atoms with van der Waals surface area (Å²) in [5.74, 6) is -1.22. The maximum absolute atomic E-state index is 13.9. The highest BCUT2D eigenvalue weighted by molar-refractivity contribution is 6.25. The van der Waals surface area contributed by atoms with Crippen molar-refractivity contribution in [2.24, 2.45) is 15.4 Å². The van der Waals surface area contributed by atoms with Gasteiger partial charge in [0.25, 0.3) is 17.7 Å². The molecule has 4 aromatic carbocycles. The number of benzene rings is 4. The van der Waals surface area contributed by atoms with Gasteiger partial charge in [-0.15, -0.1) is 0 Å². The van der Waals surface area contributed by atoms with E-state index in [-0.39, 0.29) is 18.5 Å². The lowest BCUT2D eigenvalue weighted by Crippen LogP contribution is -2.44. The van der Waals surface area contributed by atoms with Crippen LogP contribution in [-0.4, -0.2) is 52.1 Å². The molecule has 0 unspecified atom stereocenters. The van der Waals surface area contributed by atoms with E-state index in [9.17, 15) is 14.4 Å². The number of nitrogens with zero attached hydrogens (tertiary/aromatic N) is 6. The molecule has 3 aliphatic rings. The number of fused-ring (bicyclic) bond motifs is 2. The molecule has 9 heteroatoms. The molecule has 3 amide bonds. The fraction of sp³-hybridized carbons (Fsp3) is 0.188. The van der Waals surface area contributed by atoms with Crippen LogP contribution in [0.1, 0.15) is 29.2 Å². The molecule has 202 valence electrons. The normalized spacial score (nSPS) is 21.6. The average Bonchev–Trinajstić information content (AvgIpc) is 3.69. The molecule has 9 nitrogen and oxygen atoms in total. The molecule has 4 aromatic rings. The van der Waals surface area contributed by atoms with E-state index in [1.165, 1.54) is 10.0 Å². The van der Waals surface area contributed by atoms with Gasteiger partial charge in [0.15, 0.2) is 12.1 Å². The van der Waals surface area contributed by atoms with Crippen molar-refractivity contribution in [1.29, 1.82) is 0 Å². The summed E-state index contributed by atoms with van der Waals surface area (Å²) in [6.07, 6.45) is 0.538. The van der Waals surface area contributed by atoms with Crippen molar-refractivity contribution in [3.05, 3.63) is 114 Å². The quantitative estimate of drug-likeness (QED) is 0.338. The van der Waals surface area contributed by atoms with Gasteiger partial charge in [-0.3, -0.25) is 19.4 Å². The first-order valence-electron chi connectivity index (χ1n) is 13.5. The smallest absolute Gasteiger partial charge is 0.264 e. The van der Waals surface area contributed by atoms with Crippen molar-refractivity contribution in [3.63, 3.8) is 0 Å². The van der Waals surface area contributed by atoms with Crippen LogP contribution >= 0.6 is 0 Å². The lowest BCUT2D eigenvalue weighted by Gasteiger charge is -2.25.